The van der Waals surface area contributed by atoms with E-state index in [9.17, 15) is 9.90 Å². The molecule has 0 radical (unpaired) electrons. The van der Waals surface area contributed by atoms with Crippen LogP contribution in [-0.4, -0.2) is 46.3 Å². The molecule has 4 nitrogen and oxygen atoms in total. The molecule has 2 saturated heterocycles. The maximum absolute atomic E-state index is 12.5. The SMILES string of the molecule is C[C@@]12C[C@@]34[C@@H]5CCCN3CC=C[C@]4(O)[C@@H]1C[C@H]5OC2=O. The first-order valence-corrected chi connectivity index (χ1v) is 7.89. The lowest BCUT2D eigenvalue weighted by atomic mass is 9.56. The molecular formula is C16H21NO3. The summed E-state index contributed by atoms with van der Waals surface area (Å²) in [6, 6.07) is 0. The zero-order valence-corrected chi connectivity index (χ0v) is 11.8. The topological polar surface area (TPSA) is 49.8 Å². The fourth-order valence-corrected chi connectivity index (χ4v) is 6.40. The zero-order valence-electron chi connectivity index (χ0n) is 11.8. The monoisotopic (exact) mass is 275 g/mol. The second-order valence-electron chi connectivity index (χ2n) is 7.67. The molecule has 3 aliphatic heterocycles. The Hall–Kier alpha value is -0.870. The van der Waals surface area contributed by atoms with Crippen molar-refractivity contribution in [3.8, 4) is 0 Å². The minimum Gasteiger partial charge on any atom is -0.462 e. The Morgan fingerprint density at radius 1 is 1.50 bits per heavy atom. The summed E-state index contributed by atoms with van der Waals surface area (Å²) in [6.45, 7) is 3.96. The number of rotatable bonds is 0. The van der Waals surface area contributed by atoms with Gasteiger partial charge in [0.25, 0.3) is 0 Å². The number of fused-ring (bicyclic) bond motifs is 2. The fourth-order valence-electron chi connectivity index (χ4n) is 6.40. The number of esters is 1. The second-order valence-corrected chi connectivity index (χ2v) is 7.67. The lowest BCUT2D eigenvalue weighted by molar-refractivity contribution is -0.221. The predicted octanol–water partition coefficient (Wildman–Crippen LogP) is 1.09. The molecule has 4 heteroatoms. The number of aliphatic hydroxyl groups is 1. The number of piperidine rings is 1. The maximum atomic E-state index is 12.5. The summed E-state index contributed by atoms with van der Waals surface area (Å²) in [4.78, 5) is 15.0. The second kappa shape index (κ2) is 3.14. The average Bonchev–Trinajstić information content (AvgIpc) is 2.50. The molecule has 2 aliphatic carbocycles. The van der Waals surface area contributed by atoms with Crippen molar-refractivity contribution in [1.82, 2.24) is 4.90 Å². The third-order valence-electron chi connectivity index (χ3n) is 7.09. The third kappa shape index (κ3) is 0.933. The smallest absolute Gasteiger partial charge is 0.312 e. The van der Waals surface area contributed by atoms with Gasteiger partial charge in [0.15, 0.2) is 0 Å². The predicted molar refractivity (Wildman–Crippen MR) is 71.8 cm³/mol. The molecule has 2 saturated carbocycles. The molecule has 3 bridgehead atoms. The van der Waals surface area contributed by atoms with E-state index in [0.29, 0.717) is 5.92 Å². The first-order chi connectivity index (χ1) is 9.52. The molecule has 3 heterocycles. The van der Waals surface area contributed by atoms with Crippen LogP contribution in [0.5, 0.6) is 0 Å². The molecule has 4 fully saturated rings. The summed E-state index contributed by atoms with van der Waals surface area (Å²) in [5.41, 5.74) is -1.60. The molecule has 0 aromatic rings. The molecule has 6 atom stereocenters. The van der Waals surface area contributed by atoms with Gasteiger partial charge in [-0.25, -0.2) is 0 Å². The van der Waals surface area contributed by atoms with E-state index in [4.69, 9.17) is 4.74 Å². The number of hydrogen-bond donors (Lipinski definition) is 1. The van der Waals surface area contributed by atoms with E-state index in [1.54, 1.807) is 0 Å². The minimum atomic E-state index is -0.832. The fraction of sp³-hybridized carbons (Fsp3) is 0.812. The van der Waals surface area contributed by atoms with Crippen LogP contribution in [0, 0.1) is 17.3 Å². The Morgan fingerprint density at radius 2 is 2.35 bits per heavy atom. The molecule has 108 valence electrons. The van der Waals surface area contributed by atoms with Gasteiger partial charge in [0.05, 0.1) is 11.0 Å². The summed E-state index contributed by atoms with van der Waals surface area (Å²) < 4.78 is 5.79. The molecular weight excluding hydrogens is 254 g/mol. The highest BCUT2D eigenvalue weighted by Crippen LogP contribution is 2.70. The highest BCUT2D eigenvalue weighted by Gasteiger charge is 2.80. The van der Waals surface area contributed by atoms with Gasteiger partial charge in [-0.1, -0.05) is 12.2 Å². The van der Waals surface area contributed by atoms with Gasteiger partial charge in [-0.3, -0.25) is 9.69 Å². The standard InChI is InChI=1S/C16H21NO3/c1-14-9-15-10-4-2-6-17(15)7-3-5-16(15,19)12(14)8-11(10)20-13(14)18/h3,5,10-12,19H,2,4,6-9H2,1H3/t10-,11-,12-,14-,15+,16+/m1/s1. The Labute approximate surface area is 118 Å². The van der Waals surface area contributed by atoms with E-state index < -0.39 is 11.0 Å². The number of hydrogen-bond acceptors (Lipinski definition) is 4. The van der Waals surface area contributed by atoms with Crippen LogP contribution in [0.1, 0.15) is 32.6 Å². The van der Waals surface area contributed by atoms with E-state index in [0.717, 1.165) is 38.8 Å². The van der Waals surface area contributed by atoms with Gasteiger partial charge < -0.3 is 9.84 Å². The van der Waals surface area contributed by atoms with Crippen LogP contribution in [0.25, 0.3) is 0 Å². The first kappa shape index (κ1) is 11.8. The zero-order chi connectivity index (χ0) is 13.8. The molecule has 0 unspecified atom stereocenters. The largest absolute Gasteiger partial charge is 0.462 e. The summed E-state index contributed by atoms with van der Waals surface area (Å²) in [6.07, 6.45) is 7.98. The van der Waals surface area contributed by atoms with Crippen molar-refractivity contribution in [2.75, 3.05) is 13.1 Å². The van der Waals surface area contributed by atoms with Crippen molar-refractivity contribution in [2.45, 2.75) is 49.9 Å². The highest BCUT2D eigenvalue weighted by atomic mass is 16.5. The summed E-state index contributed by atoms with van der Waals surface area (Å²) >= 11 is 0. The number of carbonyl (C=O) groups is 1. The maximum Gasteiger partial charge on any atom is 0.312 e. The van der Waals surface area contributed by atoms with Crippen molar-refractivity contribution in [3.05, 3.63) is 12.2 Å². The van der Waals surface area contributed by atoms with E-state index >= 15 is 0 Å². The van der Waals surface area contributed by atoms with E-state index in [1.165, 1.54) is 0 Å². The molecule has 0 amide bonds. The van der Waals surface area contributed by atoms with Gasteiger partial charge in [-0.15, -0.1) is 0 Å². The van der Waals surface area contributed by atoms with E-state index in [2.05, 4.69) is 11.0 Å². The molecule has 1 N–H and O–H groups in total. The molecule has 20 heavy (non-hydrogen) atoms. The van der Waals surface area contributed by atoms with Crippen LogP contribution in [0.4, 0.5) is 0 Å². The first-order valence-electron chi connectivity index (χ1n) is 7.89. The van der Waals surface area contributed by atoms with Gasteiger partial charge >= 0.3 is 5.97 Å². The molecule has 1 spiro atoms. The Morgan fingerprint density at radius 3 is 3.20 bits per heavy atom. The van der Waals surface area contributed by atoms with Crippen molar-refractivity contribution >= 4 is 5.97 Å². The molecule has 0 aromatic carbocycles. The van der Waals surface area contributed by atoms with Crippen LogP contribution in [0.3, 0.4) is 0 Å². The van der Waals surface area contributed by atoms with Gasteiger partial charge in [0.1, 0.15) is 11.7 Å². The van der Waals surface area contributed by atoms with Crippen LogP contribution in [0.2, 0.25) is 0 Å². The quantitative estimate of drug-likeness (QED) is 0.531. The van der Waals surface area contributed by atoms with Crippen LogP contribution in [-0.2, 0) is 9.53 Å². The molecule has 0 aromatic heterocycles. The van der Waals surface area contributed by atoms with E-state index in [1.807, 2.05) is 13.0 Å². The minimum absolute atomic E-state index is 0.0228. The van der Waals surface area contributed by atoms with Gasteiger partial charge in [0.2, 0.25) is 0 Å². The number of carbonyl (C=O) groups excluding carboxylic acids is 1. The molecule has 5 rings (SSSR count). The Bertz CT molecular complexity index is 546. The lowest BCUT2D eigenvalue weighted by Gasteiger charge is -2.63. The third-order valence-corrected chi connectivity index (χ3v) is 7.09. The highest BCUT2D eigenvalue weighted by molar-refractivity contribution is 5.80. The van der Waals surface area contributed by atoms with Gasteiger partial charge in [0, 0.05) is 18.4 Å². The number of nitrogens with zero attached hydrogens (tertiary/aromatic N) is 1. The van der Waals surface area contributed by atoms with Gasteiger partial charge in [-0.2, -0.15) is 0 Å². The van der Waals surface area contributed by atoms with Crippen LogP contribution < -0.4 is 0 Å². The average molecular weight is 275 g/mol. The van der Waals surface area contributed by atoms with Crippen LogP contribution >= 0.6 is 0 Å². The van der Waals surface area contributed by atoms with Gasteiger partial charge in [-0.05, 0) is 39.2 Å². The Kier molecular flexibility index (Phi) is 1.85. The summed E-state index contributed by atoms with van der Waals surface area (Å²) in [5.74, 6) is 0.254. The Balaban J connectivity index is 1.81. The summed E-state index contributed by atoms with van der Waals surface area (Å²) in [7, 11) is 0. The van der Waals surface area contributed by atoms with E-state index in [-0.39, 0.29) is 23.5 Å². The summed E-state index contributed by atoms with van der Waals surface area (Å²) in [5, 5.41) is 11.6. The van der Waals surface area contributed by atoms with Crippen molar-refractivity contribution < 1.29 is 14.6 Å². The van der Waals surface area contributed by atoms with Crippen molar-refractivity contribution in [1.29, 1.82) is 0 Å². The molecule has 5 aliphatic rings. The van der Waals surface area contributed by atoms with Crippen molar-refractivity contribution in [3.63, 3.8) is 0 Å². The van der Waals surface area contributed by atoms with Crippen LogP contribution in [0.15, 0.2) is 12.2 Å². The number of ether oxygens (including phenoxy) is 1. The normalized spacial score (nSPS) is 59.5. The lowest BCUT2D eigenvalue weighted by Crippen LogP contribution is -2.74. The van der Waals surface area contributed by atoms with Crippen molar-refractivity contribution in [2.24, 2.45) is 17.3 Å².